The molecular formula is C25H32O4. The molecule has 0 radical (unpaired) electrons. The summed E-state index contributed by atoms with van der Waals surface area (Å²) in [6.45, 7) is 9.47. The molecule has 0 aromatic carbocycles. The number of carbonyl (C=O) groups excluding carboxylic acids is 2. The molecular weight excluding hydrogens is 364 g/mol. The number of fused-ring (bicyclic) bond motifs is 9. The smallest absolute Gasteiger partial charge is 0.163 e. The first-order chi connectivity index (χ1) is 13.7. The second-order valence-corrected chi connectivity index (χ2v) is 11.5. The first-order valence-corrected chi connectivity index (χ1v) is 11.4. The second-order valence-electron chi connectivity index (χ2n) is 11.5. The number of hydrogen-bond acceptors (Lipinski definition) is 4. The average molecular weight is 397 g/mol. The molecule has 3 saturated carbocycles. The SMILES string of the molecule is CC1(C)OC[C@]2(O1)[C@H]1C[C@H]1C1C3C(=CC[C@@]12C)[C@@]1(C)CCC(=O)C=C1C[C@H]3C=O. The van der Waals surface area contributed by atoms with Crippen molar-refractivity contribution in [3.8, 4) is 0 Å². The minimum Gasteiger partial charge on any atom is -0.347 e. The monoisotopic (exact) mass is 396 g/mol. The standard InChI is InChI=1S/C25H32O4/c1-22(2)28-13-25(29-22)19-11-17(19)21-20-14(12-26)9-15-10-16(27)5-7-23(15,3)18(20)6-8-24(21,25)4/h6,10,12,14,17,19-21H,5,7-9,11,13H2,1-4H3/t14-,17+,19-,20?,21?,23-,24-,25-/m0/s1. The Hall–Kier alpha value is -1.26. The van der Waals surface area contributed by atoms with E-state index in [1.165, 1.54) is 23.9 Å². The average Bonchev–Trinajstić information content (AvgIpc) is 3.33. The van der Waals surface area contributed by atoms with E-state index >= 15 is 0 Å². The van der Waals surface area contributed by atoms with Crippen molar-refractivity contribution < 1.29 is 19.1 Å². The fourth-order valence-electron chi connectivity index (χ4n) is 8.37. The molecule has 1 saturated heterocycles. The predicted molar refractivity (Wildman–Crippen MR) is 108 cm³/mol. The van der Waals surface area contributed by atoms with Gasteiger partial charge in [0, 0.05) is 23.2 Å². The van der Waals surface area contributed by atoms with E-state index in [1.54, 1.807) is 0 Å². The van der Waals surface area contributed by atoms with Crippen molar-refractivity contribution in [2.24, 2.45) is 40.4 Å². The van der Waals surface area contributed by atoms with Crippen LogP contribution in [-0.2, 0) is 19.1 Å². The highest BCUT2D eigenvalue weighted by Gasteiger charge is 2.79. The Morgan fingerprint density at radius 1 is 1.21 bits per heavy atom. The fourth-order valence-corrected chi connectivity index (χ4v) is 8.37. The van der Waals surface area contributed by atoms with Gasteiger partial charge in [-0.2, -0.15) is 0 Å². The van der Waals surface area contributed by atoms with Gasteiger partial charge in [-0.15, -0.1) is 0 Å². The molecule has 8 atom stereocenters. The van der Waals surface area contributed by atoms with Gasteiger partial charge in [0.05, 0.1) is 6.61 Å². The Morgan fingerprint density at radius 2 is 2.00 bits per heavy atom. The van der Waals surface area contributed by atoms with Crippen LogP contribution in [0.3, 0.4) is 0 Å². The highest BCUT2D eigenvalue weighted by Crippen LogP contribution is 2.78. The zero-order chi connectivity index (χ0) is 20.4. The number of ether oxygens (including phenoxy) is 2. The number of aldehydes is 1. The van der Waals surface area contributed by atoms with Gasteiger partial charge in [-0.1, -0.05) is 31.1 Å². The zero-order valence-electron chi connectivity index (χ0n) is 18.0. The molecule has 0 amide bonds. The summed E-state index contributed by atoms with van der Waals surface area (Å²) in [4.78, 5) is 24.4. The van der Waals surface area contributed by atoms with Crippen LogP contribution in [0.2, 0.25) is 0 Å². The van der Waals surface area contributed by atoms with Crippen LogP contribution in [-0.4, -0.2) is 30.1 Å². The molecule has 156 valence electrons. The Bertz CT molecular complexity index is 883. The summed E-state index contributed by atoms with van der Waals surface area (Å²) in [7, 11) is 0. The molecule has 0 N–H and O–H groups in total. The van der Waals surface area contributed by atoms with Crippen molar-refractivity contribution in [1.82, 2.24) is 0 Å². The summed E-state index contributed by atoms with van der Waals surface area (Å²) in [6, 6.07) is 0. The zero-order valence-corrected chi connectivity index (χ0v) is 18.0. The predicted octanol–water partition coefficient (Wildman–Crippen LogP) is 4.24. The van der Waals surface area contributed by atoms with Crippen LogP contribution >= 0.6 is 0 Å². The van der Waals surface area contributed by atoms with E-state index in [1.807, 2.05) is 19.9 Å². The maximum Gasteiger partial charge on any atom is 0.163 e. The Morgan fingerprint density at radius 3 is 2.69 bits per heavy atom. The van der Waals surface area contributed by atoms with E-state index in [-0.39, 0.29) is 34.1 Å². The molecule has 29 heavy (non-hydrogen) atoms. The molecule has 4 heteroatoms. The van der Waals surface area contributed by atoms with Crippen molar-refractivity contribution in [3.63, 3.8) is 0 Å². The topological polar surface area (TPSA) is 52.6 Å². The number of ketones is 1. The van der Waals surface area contributed by atoms with Crippen molar-refractivity contribution >= 4 is 12.1 Å². The first kappa shape index (κ1) is 18.5. The fraction of sp³-hybridized carbons (Fsp3) is 0.760. The summed E-state index contributed by atoms with van der Waals surface area (Å²) < 4.78 is 12.9. The normalized spacial score (nSPS) is 54.1. The lowest BCUT2D eigenvalue weighted by molar-refractivity contribution is -0.198. The van der Waals surface area contributed by atoms with Gasteiger partial charge in [-0.3, -0.25) is 4.79 Å². The summed E-state index contributed by atoms with van der Waals surface area (Å²) in [6.07, 6.45) is 9.93. The highest BCUT2D eigenvalue weighted by atomic mass is 16.8. The highest BCUT2D eigenvalue weighted by molar-refractivity contribution is 5.92. The summed E-state index contributed by atoms with van der Waals surface area (Å²) in [5.41, 5.74) is 2.37. The van der Waals surface area contributed by atoms with Gasteiger partial charge in [-0.25, -0.2) is 0 Å². The Kier molecular flexibility index (Phi) is 3.39. The van der Waals surface area contributed by atoms with Crippen LogP contribution in [0.1, 0.15) is 59.8 Å². The lowest BCUT2D eigenvalue weighted by Crippen LogP contribution is -2.56. The van der Waals surface area contributed by atoms with E-state index < -0.39 is 5.79 Å². The van der Waals surface area contributed by atoms with E-state index in [0.717, 1.165) is 19.3 Å². The van der Waals surface area contributed by atoms with Gasteiger partial charge in [0.25, 0.3) is 0 Å². The molecule has 5 aliphatic carbocycles. The number of rotatable bonds is 1. The van der Waals surface area contributed by atoms with Gasteiger partial charge < -0.3 is 14.3 Å². The van der Waals surface area contributed by atoms with Crippen molar-refractivity contribution in [2.75, 3.05) is 6.61 Å². The maximum absolute atomic E-state index is 12.3. The second kappa shape index (κ2) is 5.31. The molecule has 0 aromatic rings. The Balaban J connectivity index is 1.48. The van der Waals surface area contributed by atoms with Crippen LogP contribution in [0.25, 0.3) is 0 Å². The van der Waals surface area contributed by atoms with Crippen molar-refractivity contribution in [3.05, 3.63) is 23.3 Å². The molecule has 6 aliphatic rings. The van der Waals surface area contributed by atoms with Gasteiger partial charge in [-0.05, 0) is 69.3 Å². The van der Waals surface area contributed by atoms with E-state index in [4.69, 9.17) is 9.47 Å². The van der Waals surface area contributed by atoms with Crippen LogP contribution in [0.5, 0.6) is 0 Å². The van der Waals surface area contributed by atoms with Crippen molar-refractivity contribution in [2.45, 2.75) is 71.2 Å². The molecule has 4 nitrogen and oxygen atoms in total. The van der Waals surface area contributed by atoms with Crippen LogP contribution in [0.15, 0.2) is 23.3 Å². The number of hydrogen-bond donors (Lipinski definition) is 0. The third-order valence-corrected chi connectivity index (χ3v) is 9.80. The number of carbonyl (C=O) groups is 2. The third kappa shape index (κ3) is 2.08. The first-order valence-electron chi connectivity index (χ1n) is 11.4. The molecule has 0 bridgehead atoms. The van der Waals surface area contributed by atoms with Crippen LogP contribution < -0.4 is 0 Å². The summed E-state index contributed by atoms with van der Waals surface area (Å²) in [5.74, 6) is 1.60. The molecule has 6 rings (SSSR count). The molecule has 4 fully saturated rings. The quantitative estimate of drug-likeness (QED) is 0.491. The van der Waals surface area contributed by atoms with Crippen LogP contribution in [0.4, 0.5) is 0 Å². The van der Waals surface area contributed by atoms with Gasteiger partial charge in [0.15, 0.2) is 11.6 Å². The van der Waals surface area contributed by atoms with Gasteiger partial charge >= 0.3 is 0 Å². The molecule has 1 heterocycles. The van der Waals surface area contributed by atoms with E-state index in [0.29, 0.717) is 30.8 Å². The minimum absolute atomic E-state index is 0.00580. The van der Waals surface area contributed by atoms with Gasteiger partial charge in [0.2, 0.25) is 0 Å². The summed E-state index contributed by atoms with van der Waals surface area (Å²) in [5, 5.41) is 0. The third-order valence-electron chi connectivity index (χ3n) is 9.80. The lowest BCUT2D eigenvalue weighted by atomic mass is 9.47. The number of allylic oxidation sites excluding steroid dienone is 4. The van der Waals surface area contributed by atoms with E-state index in [9.17, 15) is 9.59 Å². The molecule has 1 spiro atoms. The Labute approximate surface area is 173 Å². The van der Waals surface area contributed by atoms with Crippen molar-refractivity contribution in [1.29, 1.82) is 0 Å². The van der Waals surface area contributed by atoms with E-state index in [2.05, 4.69) is 19.9 Å². The van der Waals surface area contributed by atoms with Gasteiger partial charge in [0.1, 0.15) is 11.9 Å². The molecule has 2 unspecified atom stereocenters. The largest absolute Gasteiger partial charge is 0.347 e. The molecule has 0 aromatic heterocycles. The minimum atomic E-state index is -0.530. The molecule has 1 aliphatic heterocycles. The maximum atomic E-state index is 12.3. The summed E-state index contributed by atoms with van der Waals surface area (Å²) >= 11 is 0. The lowest BCUT2D eigenvalue weighted by Gasteiger charge is -2.57. The van der Waals surface area contributed by atoms with Crippen LogP contribution in [0, 0.1) is 40.4 Å².